The normalized spacial score (nSPS) is 27.6. The average Bonchev–Trinajstić information content (AvgIpc) is 2.88. The summed E-state index contributed by atoms with van der Waals surface area (Å²) in [6.07, 6.45) is 4.24. The molecule has 0 aromatic carbocycles. The lowest BCUT2D eigenvalue weighted by Gasteiger charge is -2.36. The lowest BCUT2D eigenvalue weighted by molar-refractivity contribution is -0.0658. The van der Waals surface area contributed by atoms with Gasteiger partial charge in [-0.25, -0.2) is 0 Å². The maximum absolute atomic E-state index is 5.73. The third-order valence-electron chi connectivity index (χ3n) is 3.71. The van der Waals surface area contributed by atoms with Crippen molar-refractivity contribution in [2.24, 2.45) is 11.7 Å². The quantitative estimate of drug-likeness (QED) is 0.790. The summed E-state index contributed by atoms with van der Waals surface area (Å²) in [5.74, 6) is 1.75. The fraction of sp³-hybridized carbons (Fsp3) is 0.846. The molecule has 6 heteroatoms. The number of ether oxygens (including phenoxy) is 2. The van der Waals surface area contributed by atoms with Crippen molar-refractivity contribution in [3.05, 3.63) is 11.7 Å². The molecule has 2 unspecified atom stereocenters. The van der Waals surface area contributed by atoms with Gasteiger partial charge >= 0.3 is 0 Å². The highest BCUT2D eigenvalue weighted by atomic mass is 16.5. The Morgan fingerprint density at radius 1 is 1.53 bits per heavy atom. The van der Waals surface area contributed by atoms with Crippen LogP contribution >= 0.6 is 0 Å². The van der Waals surface area contributed by atoms with Gasteiger partial charge in [0.05, 0.1) is 6.61 Å². The predicted octanol–water partition coefficient (Wildman–Crippen LogP) is 1.60. The molecule has 0 amide bonds. The van der Waals surface area contributed by atoms with E-state index in [0.29, 0.717) is 37.4 Å². The molecule has 0 bridgehead atoms. The van der Waals surface area contributed by atoms with E-state index in [0.717, 1.165) is 19.3 Å². The van der Waals surface area contributed by atoms with Gasteiger partial charge in [-0.05, 0) is 25.2 Å². The zero-order valence-corrected chi connectivity index (χ0v) is 11.7. The smallest absolute Gasteiger partial charge is 0.252 e. The molecule has 1 aliphatic rings. The van der Waals surface area contributed by atoms with E-state index >= 15 is 0 Å². The molecule has 0 saturated heterocycles. The number of nitrogens with zero attached hydrogens (tertiary/aromatic N) is 2. The summed E-state index contributed by atoms with van der Waals surface area (Å²) >= 11 is 0. The van der Waals surface area contributed by atoms with Crippen LogP contribution in [0.25, 0.3) is 0 Å². The van der Waals surface area contributed by atoms with Gasteiger partial charge < -0.3 is 19.7 Å². The highest BCUT2D eigenvalue weighted by Gasteiger charge is 2.40. The van der Waals surface area contributed by atoms with Gasteiger partial charge in [0.1, 0.15) is 12.2 Å². The van der Waals surface area contributed by atoms with E-state index in [1.807, 2.05) is 0 Å². The van der Waals surface area contributed by atoms with E-state index in [-0.39, 0.29) is 0 Å². The van der Waals surface area contributed by atoms with Crippen LogP contribution in [-0.2, 0) is 21.7 Å². The molecule has 19 heavy (non-hydrogen) atoms. The van der Waals surface area contributed by atoms with Crippen molar-refractivity contribution >= 4 is 0 Å². The van der Waals surface area contributed by atoms with Crippen LogP contribution in [-0.4, -0.2) is 30.4 Å². The number of hydrogen-bond acceptors (Lipinski definition) is 6. The third-order valence-corrected chi connectivity index (χ3v) is 3.71. The maximum atomic E-state index is 5.73. The Hall–Kier alpha value is -0.980. The van der Waals surface area contributed by atoms with E-state index in [9.17, 15) is 0 Å². The van der Waals surface area contributed by atoms with E-state index < -0.39 is 5.60 Å². The predicted molar refractivity (Wildman–Crippen MR) is 69.3 cm³/mol. The molecule has 1 heterocycles. The average molecular weight is 269 g/mol. The number of nitrogens with two attached hydrogens (primary N) is 1. The first-order chi connectivity index (χ1) is 9.20. The van der Waals surface area contributed by atoms with Gasteiger partial charge in [0.2, 0.25) is 5.82 Å². The highest BCUT2D eigenvalue weighted by molar-refractivity contribution is 5.04. The molecule has 6 nitrogen and oxygen atoms in total. The minimum absolute atomic E-state index is 0.305. The largest absolute Gasteiger partial charge is 0.370 e. The highest BCUT2D eigenvalue weighted by Crippen LogP contribution is 2.41. The zero-order chi connectivity index (χ0) is 13.7. The van der Waals surface area contributed by atoms with Crippen molar-refractivity contribution in [3.63, 3.8) is 0 Å². The Bertz CT molecular complexity index is 396. The van der Waals surface area contributed by atoms with E-state index in [4.69, 9.17) is 19.7 Å². The molecule has 1 fully saturated rings. The van der Waals surface area contributed by atoms with Crippen LogP contribution in [0.15, 0.2) is 4.52 Å². The molecule has 1 aromatic heterocycles. The fourth-order valence-corrected chi connectivity index (χ4v) is 2.72. The van der Waals surface area contributed by atoms with Crippen LogP contribution < -0.4 is 5.73 Å². The summed E-state index contributed by atoms with van der Waals surface area (Å²) in [5, 5.41) is 4.07. The van der Waals surface area contributed by atoms with E-state index in [1.54, 1.807) is 7.11 Å². The molecule has 1 aliphatic carbocycles. The van der Waals surface area contributed by atoms with Crippen LogP contribution in [0.5, 0.6) is 0 Å². The minimum atomic E-state index is -0.396. The molecule has 2 atom stereocenters. The van der Waals surface area contributed by atoms with Crippen LogP contribution in [0, 0.1) is 5.92 Å². The molecular formula is C13H23N3O3. The molecule has 2 rings (SSSR count). The monoisotopic (exact) mass is 269 g/mol. The van der Waals surface area contributed by atoms with Gasteiger partial charge in [0.25, 0.3) is 5.89 Å². The van der Waals surface area contributed by atoms with E-state index in [1.165, 1.54) is 6.42 Å². The Labute approximate surface area is 113 Å². The van der Waals surface area contributed by atoms with Crippen LogP contribution in [0.4, 0.5) is 0 Å². The zero-order valence-electron chi connectivity index (χ0n) is 11.7. The van der Waals surface area contributed by atoms with Crippen LogP contribution in [0.3, 0.4) is 0 Å². The Morgan fingerprint density at radius 2 is 2.37 bits per heavy atom. The number of rotatable bonds is 6. The van der Waals surface area contributed by atoms with Gasteiger partial charge in [-0.1, -0.05) is 18.5 Å². The molecule has 1 saturated carbocycles. The summed E-state index contributed by atoms with van der Waals surface area (Å²) < 4.78 is 16.2. The Kier molecular flexibility index (Phi) is 4.90. The summed E-state index contributed by atoms with van der Waals surface area (Å²) in [7, 11) is 1.72. The SMILES string of the molecule is COC1(c2noc(COCCN)n2)CCCC(C)C1. The minimum Gasteiger partial charge on any atom is -0.370 e. The van der Waals surface area contributed by atoms with Crippen LogP contribution in [0.2, 0.25) is 0 Å². The van der Waals surface area contributed by atoms with Crippen molar-refractivity contribution < 1.29 is 14.0 Å². The topological polar surface area (TPSA) is 83.4 Å². The molecular weight excluding hydrogens is 246 g/mol. The number of hydrogen-bond donors (Lipinski definition) is 1. The Balaban J connectivity index is 2.06. The molecule has 1 aromatic rings. The van der Waals surface area contributed by atoms with Crippen molar-refractivity contribution in [1.29, 1.82) is 0 Å². The standard InChI is InChI=1S/C13H23N3O3/c1-10-4-3-5-13(8-10,17-2)12-15-11(19-16-12)9-18-7-6-14/h10H,3-9,14H2,1-2H3. The van der Waals surface area contributed by atoms with E-state index in [2.05, 4.69) is 17.1 Å². The fourth-order valence-electron chi connectivity index (χ4n) is 2.72. The molecule has 0 radical (unpaired) electrons. The second-order valence-electron chi connectivity index (χ2n) is 5.25. The van der Waals surface area contributed by atoms with Crippen molar-refractivity contribution in [3.8, 4) is 0 Å². The number of methoxy groups -OCH3 is 1. The van der Waals surface area contributed by atoms with Gasteiger partial charge in [-0.15, -0.1) is 0 Å². The summed E-state index contributed by atoms with van der Waals surface area (Å²) in [5.41, 5.74) is 4.97. The first-order valence-electron chi connectivity index (χ1n) is 6.86. The lowest BCUT2D eigenvalue weighted by atomic mass is 9.78. The maximum Gasteiger partial charge on any atom is 0.252 e. The third kappa shape index (κ3) is 3.32. The van der Waals surface area contributed by atoms with Crippen LogP contribution in [0.1, 0.15) is 44.3 Å². The van der Waals surface area contributed by atoms with Gasteiger partial charge in [0, 0.05) is 13.7 Å². The lowest BCUT2D eigenvalue weighted by Crippen LogP contribution is -2.35. The second-order valence-corrected chi connectivity index (χ2v) is 5.25. The first-order valence-corrected chi connectivity index (χ1v) is 6.86. The molecule has 108 valence electrons. The first kappa shape index (κ1) is 14.4. The van der Waals surface area contributed by atoms with Gasteiger partial charge in [-0.2, -0.15) is 4.98 Å². The molecule has 2 N–H and O–H groups in total. The van der Waals surface area contributed by atoms with Crippen molar-refractivity contribution in [2.75, 3.05) is 20.3 Å². The number of aromatic nitrogens is 2. The summed E-state index contributed by atoms with van der Waals surface area (Å²) in [6, 6.07) is 0. The summed E-state index contributed by atoms with van der Waals surface area (Å²) in [6.45, 7) is 3.52. The van der Waals surface area contributed by atoms with Gasteiger partial charge in [-0.3, -0.25) is 0 Å². The van der Waals surface area contributed by atoms with Crippen molar-refractivity contribution in [2.45, 2.75) is 44.8 Å². The second kappa shape index (κ2) is 6.45. The Morgan fingerprint density at radius 3 is 3.05 bits per heavy atom. The molecule has 0 spiro atoms. The van der Waals surface area contributed by atoms with Crippen molar-refractivity contribution in [1.82, 2.24) is 10.1 Å². The summed E-state index contributed by atoms with van der Waals surface area (Å²) in [4.78, 5) is 4.41. The van der Waals surface area contributed by atoms with Gasteiger partial charge in [0.15, 0.2) is 0 Å². The molecule has 0 aliphatic heterocycles.